The van der Waals surface area contributed by atoms with Gasteiger partial charge in [-0.15, -0.1) is 0 Å². The highest BCUT2D eigenvalue weighted by molar-refractivity contribution is 7.91. The molecule has 0 bridgehead atoms. The Balaban J connectivity index is 1.61. The Hall–Kier alpha value is -2.93. The SMILES string of the molecule is Cc1ccc([P+](O)(c2ccc(C)cc2)c2ccc3c(c2)c2c(n3C3C=CCCC3)=CCCC=2)cc1. The molecule has 4 aromatic rings. The second-order valence-corrected chi connectivity index (χ2v) is 12.9. The summed E-state index contributed by atoms with van der Waals surface area (Å²) in [5.41, 5.74) is 3.69. The first-order valence-corrected chi connectivity index (χ1v) is 14.6. The van der Waals surface area contributed by atoms with E-state index in [0.29, 0.717) is 6.04 Å². The molecule has 3 aromatic carbocycles. The monoisotopic (exact) mass is 478 g/mol. The normalized spacial score (nSPS) is 17.6. The van der Waals surface area contributed by atoms with Crippen molar-refractivity contribution in [1.29, 1.82) is 0 Å². The number of allylic oxidation sites excluding steroid dienone is 2. The van der Waals surface area contributed by atoms with Gasteiger partial charge in [0.2, 0.25) is 7.49 Å². The van der Waals surface area contributed by atoms with Crippen molar-refractivity contribution in [3.8, 4) is 0 Å². The van der Waals surface area contributed by atoms with Crippen LogP contribution in [0, 0.1) is 13.8 Å². The fourth-order valence-corrected chi connectivity index (χ4v) is 8.42. The summed E-state index contributed by atoms with van der Waals surface area (Å²) in [4.78, 5) is 12.6. The lowest BCUT2D eigenvalue weighted by atomic mass is 10.0. The van der Waals surface area contributed by atoms with E-state index < -0.39 is 7.49 Å². The summed E-state index contributed by atoms with van der Waals surface area (Å²) in [6.45, 7) is 4.19. The molecular weight excluding hydrogens is 445 g/mol. The second kappa shape index (κ2) is 8.94. The van der Waals surface area contributed by atoms with Crippen molar-refractivity contribution in [3.63, 3.8) is 0 Å². The smallest absolute Gasteiger partial charge is 0.238 e. The Morgan fingerprint density at radius 1 is 0.771 bits per heavy atom. The minimum atomic E-state index is -2.78. The zero-order valence-corrected chi connectivity index (χ0v) is 21.5. The summed E-state index contributed by atoms with van der Waals surface area (Å²) in [5.74, 6) is 0. The van der Waals surface area contributed by atoms with Crippen LogP contribution in [0.3, 0.4) is 0 Å². The van der Waals surface area contributed by atoms with Crippen LogP contribution in [-0.2, 0) is 0 Å². The van der Waals surface area contributed by atoms with E-state index in [1.165, 1.54) is 51.9 Å². The average molecular weight is 479 g/mol. The van der Waals surface area contributed by atoms with Gasteiger partial charge in [0.25, 0.3) is 0 Å². The van der Waals surface area contributed by atoms with Gasteiger partial charge < -0.3 is 4.57 Å². The van der Waals surface area contributed by atoms with Crippen LogP contribution in [0.5, 0.6) is 0 Å². The Labute approximate surface area is 208 Å². The lowest BCUT2D eigenvalue weighted by Gasteiger charge is -2.22. The molecule has 2 aliphatic carbocycles. The standard InChI is InChI=1S/C32H33NOP/c1-23-12-16-26(17-13-23)35(34,27-18-14-24(2)15-19-27)28-20-21-32-30(22-28)29-10-6-7-11-31(29)33(32)25-8-4-3-5-9-25/h4,8,10-22,25,34H,3,5-7,9H2,1-2H3/q+1. The molecule has 0 saturated carbocycles. The van der Waals surface area contributed by atoms with Crippen LogP contribution >= 0.6 is 7.49 Å². The molecule has 0 amide bonds. The molecule has 1 heterocycles. The quantitative estimate of drug-likeness (QED) is 0.321. The van der Waals surface area contributed by atoms with Crippen LogP contribution in [0.25, 0.3) is 23.1 Å². The lowest BCUT2D eigenvalue weighted by molar-refractivity contribution is 0.521. The molecular formula is C32H33NOP+. The molecule has 1 N–H and O–H groups in total. The van der Waals surface area contributed by atoms with Crippen LogP contribution in [0.2, 0.25) is 0 Å². The Kier molecular flexibility index (Phi) is 5.75. The van der Waals surface area contributed by atoms with Crippen LogP contribution in [0.4, 0.5) is 0 Å². The predicted octanol–water partition coefficient (Wildman–Crippen LogP) is 5.10. The third-order valence-corrected chi connectivity index (χ3v) is 10.8. The van der Waals surface area contributed by atoms with Gasteiger partial charge >= 0.3 is 0 Å². The fraction of sp³-hybridized carbons (Fsp3) is 0.250. The highest BCUT2D eigenvalue weighted by Gasteiger charge is 2.44. The molecule has 6 rings (SSSR count). The van der Waals surface area contributed by atoms with Gasteiger partial charge in [-0.2, -0.15) is 0 Å². The molecule has 3 heteroatoms. The van der Waals surface area contributed by atoms with Crippen molar-refractivity contribution >= 4 is 46.5 Å². The molecule has 1 unspecified atom stereocenters. The number of nitrogens with zero attached hydrogens (tertiary/aromatic N) is 1. The van der Waals surface area contributed by atoms with Gasteiger partial charge in [0.1, 0.15) is 15.9 Å². The Morgan fingerprint density at radius 2 is 1.40 bits per heavy atom. The number of benzene rings is 3. The molecule has 0 radical (unpaired) electrons. The van der Waals surface area contributed by atoms with E-state index in [1.807, 2.05) is 0 Å². The van der Waals surface area contributed by atoms with Gasteiger partial charge in [-0.25, -0.2) is 4.89 Å². The van der Waals surface area contributed by atoms with Gasteiger partial charge in [0.15, 0.2) is 0 Å². The third kappa shape index (κ3) is 3.80. The average Bonchev–Trinajstić information content (AvgIpc) is 3.23. The maximum atomic E-state index is 12.6. The first kappa shape index (κ1) is 22.5. The first-order valence-electron chi connectivity index (χ1n) is 12.8. The molecule has 1 atom stereocenters. The molecule has 0 spiro atoms. The van der Waals surface area contributed by atoms with E-state index in [4.69, 9.17) is 0 Å². The van der Waals surface area contributed by atoms with Crippen LogP contribution in [-0.4, -0.2) is 9.46 Å². The number of hydrogen-bond donors (Lipinski definition) is 1. The van der Waals surface area contributed by atoms with Crippen LogP contribution in [0.1, 0.15) is 49.3 Å². The third-order valence-electron chi connectivity index (χ3n) is 7.67. The molecule has 0 saturated heterocycles. The number of rotatable bonds is 4. The van der Waals surface area contributed by atoms with Crippen molar-refractivity contribution in [1.82, 2.24) is 4.57 Å². The van der Waals surface area contributed by atoms with Crippen molar-refractivity contribution in [2.75, 3.05) is 0 Å². The highest BCUT2D eigenvalue weighted by atomic mass is 31.2. The molecule has 2 nitrogen and oxygen atoms in total. The van der Waals surface area contributed by atoms with E-state index in [-0.39, 0.29) is 0 Å². The van der Waals surface area contributed by atoms with Gasteiger partial charge in [-0.05, 0) is 88.4 Å². The zero-order chi connectivity index (χ0) is 24.0. The second-order valence-electron chi connectivity index (χ2n) is 10.1. The first-order chi connectivity index (χ1) is 17.1. The van der Waals surface area contributed by atoms with Gasteiger partial charge in [-0.1, -0.05) is 59.7 Å². The van der Waals surface area contributed by atoms with Crippen molar-refractivity contribution in [2.45, 2.75) is 52.0 Å². The van der Waals surface area contributed by atoms with E-state index in [2.05, 4.69) is 109 Å². The van der Waals surface area contributed by atoms with Crippen molar-refractivity contribution in [3.05, 3.63) is 101 Å². The van der Waals surface area contributed by atoms with Crippen molar-refractivity contribution in [2.24, 2.45) is 0 Å². The molecule has 2 aliphatic rings. The fourth-order valence-electron chi connectivity index (χ4n) is 5.75. The number of aryl methyl sites for hydroxylation is 2. The number of fused-ring (bicyclic) bond motifs is 3. The van der Waals surface area contributed by atoms with E-state index in [9.17, 15) is 4.89 Å². The van der Waals surface area contributed by atoms with Gasteiger partial charge in [-0.3, -0.25) is 0 Å². The minimum Gasteiger partial charge on any atom is -0.334 e. The van der Waals surface area contributed by atoms with E-state index in [0.717, 1.165) is 28.8 Å². The molecule has 0 aliphatic heterocycles. The highest BCUT2D eigenvalue weighted by Crippen LogP contribution is 2.51. The predicted molar refractivity (Wildman–Crippen MR) is 152 cm³/mol. The molecule has 176 valence electrons. The summed E-state index contributed by atoms with van der Waals surface area (Å²) in [5, 5.41) is 7.00. The lowest BCUT2D eigenvalue weighted by Crippen LogP contribution is -2.33. The number of hydrogen-bond acceptors (Lipinski definition) is 1. The topological polar surface area (TPSA) is 25.2 Å². The summed E-state index contributed by atoms with van der Waals surface area (Å²) >= 11 is 0. The summed E-state index contributed by atoms with van der Waals surface area (Å²) in [6, 6.07) is 24.1. The van der Waals surface area contributed by atoms with Crippen LogP contribution in [0.15, 0.2) is 78.9 Å². The van der Waals surface area contributed by atoms with Gasteiger partial charge in [0, 0.05) is 21.5 Å². The van der Waals surface area contributed by atoms with Gasteiger partial charge in [0.05, 0.1) is 6.04 Å². The maximum Gasteiger partial charge on any atom is 0.238 e. The van der Waals surface area contributed by atoms with Crippen LogP contribution < -0.4 is 26.5 Å². The minimum absolute atomic E-state index is 0.409. The van der Waals surface area contributed by atoms with Crippen molar-refractivity contribution < 1.29 is 4.89 Å². The maximum absolute atomic E-state index is 12.6. The van der Waals surface area contributed by atoms with E-state index in [1.54, 1.807) is 0 Å². The Morgan fingerprint density at radius 3 is 2.03 bits per heavy atom. The summed E-state index contributed by atoms with van der Waals surface area (Å²) in [6.07, 6.45) is 15.3. The largest absolute Gasteiger partial charge is 0.334 e. The Bertz CT molecular complexity index is 1500. The molecule has 0 fully saturated rings. The summed E-state index contributed by atoms with van der Waals surface area (Å²) in [7, 11) is -2.78. The molecule has 1 aromatic heterocycles. The summed E-state index contributed by atoms with van der Waals surface area (Å²) < 4.78 is 2.55. The zero-order valence-electron chi connectivity index (χ0n) is 20.6. The number of aromatic nitrogens is 1. The van der Waals surface area contributed by atoms with E-state index >= 15 is 0 Å². The molecule has 35 heavy (non-hydrogen) atoms.